The van der Waals surface area contributed by atoms with Crippen molar-refractivity contribution in [2.45, 2.75) is 5.16 Å². The number of hydrogen-bond donors (Lipinski definition) is 0. The van der Waals surface area contributed by atoms with Gasteiger partial charge in [0.25, 0.3) is 0 Å². The number of thiophene rings is 1. The summed E-state index contributed by atoms with van der Waals surface area (Å²) in [7, 11) is 3.24. The zero-order valence-corrected chi connectivity index (χ0v) is 18.1. The van der Waals surface area contributed by atoms with Gasteiger partial charge in [-0.3, -0.25) is 9.36 Å². The molecule has 0 spiro atoms. The normalized spacial score (nSPS) is 10.7. The summed E-state index contributed by atoms with van der Waals surface area (Å²) in [6, 6.07) is 16.8. The summed E-state index contributed by atoms with van der Waals surface area (Å²) in [5.41, 5.74) is 2.52. The molecule has 0 unspecified atom stereocenters. The van der Waals surface area contributed by atoms with Crippen molar-refractivity contribution in [2.75, 3.05) is 20.0 Å². The maximum Gasteiger partial charge on any atom is 0.196 e. The van der Waals surface area contributed by atoms with Gasteiger partial charge in [-0.15, -0.1) is 10.2 Å². The lowest BCUT2D eigenvalue weighted by atomic mass is 10.1. The molecule has 0 radical (unpaired) electrons. The van der Waals surface area contributed by atoms with E-state index in [1.165, 1.54) is 11.8 Å². The number of ether oxygens (including phenoxy) is 2. The smallest absolute Gasteiger partial charge is 0.196 e. The lowest BCUT2D eigenvalue weighted by molar-refractivity contribution is 0.102. The molecule has 4 rings (SSSR count). The molecular weight excluding hydrogens is 418 g/mol. The van der Waals surface area contributed by atoms with Gasteiger partial charge in [-0.25, -0.2) is 0 Å². The van der Waals surface area contributed by atoms with E-state index in [1.54, 1.807) is 49.8 Å². The van der Waals surface area contributed by atoms with E-state index in [0.717, 1.165) is 28.6 Å². The van der Waals surface area contributed by atoms with Crippen LogP contribution in [-0.4, -0.2) is 40.5 Å². The molecule has 8 heteroatoms. The first-order valence-electron chi connectivity index (χ1n) is 9.12. The Hall–Kier alpha value is -3.10. The molecule has 0 fully saturated rings. The van der Waals surface area contributed by atoms with Crippen LogP contribution in [-0.2, 0) is 0 Å². The highest BCUT2D eigenvalue weighted by atomic mass is 32.2. The Kier molecular flexibility index (Phi) is 6.15. The first-order chi connectivity index (χ1) is 14.7. The van der Waals surface area contributed by atoms with E-state index in [2.05, 4.69) is 10.2 Å². The van der Waals surface area contributed by atoms with Gasteiger partial charge in [0.15, 0.2) is 16.8 Å². The zero-order chi connectivity index (χ0) is 20.9. The van der Waals surface area contributed by atoms with Gasteiger partial charge in [0, 0.05) is 22.2 Å². The Labute approximate surface area is 182 Å². The largest absolute Gasteiger partial charge is 0.497 e. The van der Waals surface area contributed by atoms with Gasteiger partial charge >= 0.3 is 0 Å². The van der Waals surface area contributed by atoms with Crippen LogP contribution in [0, 0.1) is 0 Å². The molecule has 0 bridgehead atoms. The fraction of sp³-hybridized carbons (Fsp3) is 0.136. The SMILES string of the molecule is COc1ccc(C(=O)CSc2nnc(-c3ccsc3)n2-c2ccc(OC)cc2)cc1. The molecule has 2 aromatic heterocycles. The fourth-order valence-electron chi connectivity index (χ4n) is 2.90. The van der Waals surface area contributed by atoms with E-state index in [-0.39, 0.29) is 11.5 Å². The summed E-state index contributed by atoms with van der Waals surface area (Å²) >= 11 is 2.96. The Bertz CT molecular complexity index is 1120. The molecule has 0 saturated heterocycles. The molecule has 152 valence electrons. The van der Waals surface area contributed by atoms with Crippen molar-refractivity contribution in [3.63, 3.8) is 0 Å². The number of carbonyl (C=O) groups excluding carboxylic acids is 1. The van der Waals surface area contributed by atoms with Crippen molar-refractivity contribution in [1.29, 1.82) is 0 Å². The molecule has 0 aliphatic heterocycles. The van der Waals surface area contributed by atoms with Crippen LogP contribution in [0.25, 0.3) is 17.1 Å². The van der Waals surface area contributed by atoms with E-state index in [1.807, 2.05) is 45.7 Å². The van der Waals surface area contributed by atoms with Crippen LogP contribution in [0.15, 0.2) is 70.5 Å². The van der Waals surface area contributed by atoms with Crippen molar-refractivity contribution in [3.05, 3.63) is 70.9 Å². The van der Waals surface area contributed by atoms with Gasteiger partial charge < -0.3 is 9.47 Å². The Morgan fingerprint density at radius 3 is 2.23 bits per heavy atom. The molecule has 0 aliphatic rings. The molecule has 2 aromatic carbocycles. The van der Waals surface area contributed by atoms with Crippen molar-refractivity contribution in [1.82, 2.24) is 14.8 Å². The quantitative estimate of drug-likeness (QED) is 0.286. The molecule has 2 heterocycles. The van der Waals surface area contributed by atoms with E-state index >= 15 is 0 Å². The van der Waals surface area contributed by atoms with Crippen LogP contribution in [0.1, 0.15) is 10.4 Å². The monoisotopic (exact) mass is 437 g/mol. The molecule has 0 N–H and O–H groups in total. The molecule has 0 aliphatic carbocycles. The van der Waals surface area contributed by atoms with Gasteiger partial charge in [0.2, 0.25) is 0 Å². The second-order valence-corrected chi connectivity index (χ2v) is 8.01. The first-order valence-corrected chi connectivity index (χ1v) is 11.0. The third-order valence-electron chi connectivity index (χ3n) is 4.49. The Morgan fingerprint density at radius 2 is 1.63 bits per heavy atom. The minimum atomic E-state index is 0.0176. The predicted molar refractivity (Wildman–Crippen MR) is 119 cm³/mol. The molecule has 0 saturated carbocycles. The van der Waals surface area contributed by atoms with Crippen LogP contribution in [0.5, 0.6) is 11.5 Å². The number of hydrogen-bond acceptors (Lipinski definition) is 7. The van der Waals surface area contributed by atoms with Gasteiger partial charge in [-0.1, -0.05) is 11.8 Å². The summed E-state index contributed by atoms with van der Waals surface area (Å²) < 4.78 is 12.4. The van der Waals surface area contributed by atoms with E-state index in [0.29, 0.717) is 10.7 Å². The van der Waals surface area contributed by atoms with E-state index in [4.69, 9.17) is 9.47 Å². The summed E-state index contributed by atoms with van der Waals surface area (Å²) in [4.78, 5) is 12.7. The third-order valence-corrected chi connectivity index (χ3v) is 6.10. The van der Waals surface area contributed by atoms with Crippen molar-refractivity contribution in [2.24, 2.45) is 0 Å². The highest BCUT2D eigenvalue weighted by molar-refractivity contribution is 7.99. The minimum Gasteiger partial charge on any atom is -0.497 e. The molecule has 30 heavy (non-hydrogen) atoms. The van der Waals surface area contributed by atoms with E-state index < -0.39 is 0 Å². The lowest BCUT2D eigenvalue weighted by Crippen LogP contribution is -2.05. The van der Waals surface area contributed by atoms with Crippen molar-refractivity contribution < 1.29 is 14.3 Å². The number of rotatable bonds is 8. The maximum absolute atomic E-state index is 12.7. The number of ketones is 1. The molecule has 0 amide bonds. The number of nitrogens with zero attached hydrogens (tertiary/aromatic N) is 3. The fourth-order valence-corrected chi connectivity index (χ4v) is 4.38. The molecule has 4 aromatic rings. The average Bonchev–Trinajstić information content (AvgIpc) is 3.47. The van der Waals surface area contributed by atoms with E-state index in [9.17, 15) is 4.79 Å². The predicted octanol–water partition coefficient (Wildman–Crippen LogP) is 4.99. The van der Waals surface area contributed by atoms with Gasteiger partial charge in [-0.05, 0) is 60.0 Å². The lowest BCUT2D eigenvalue weighted by Gasteiger charge is -2.10. The summed E-state index contributed by atoms with van der Waals surface area (Å²) in [6.45, 7) is 0. The van der Waals surface area contributed by atoms with Crippen LogP contribution < -0.4 is 9.47 Å². The molecule has 0 atom stereocenters. The van der Waals surface area contributed by atoms with Crippen LogP contribution >= 0.6 is 23.1 Å². The van der Waals surface area contributed by atoms with Crippen molar-refractivity contribution >= 4 is 28.9 Å². The van der Waals surface area contributed by atoms with Crippen LogP contribution in [0.3, 0.4) is 0 Å². The number of benzene rings is 2. The first kappa shape index (κ1) is 20.2. The van der Waals surface area contributed by atoms with Crippen molar-refractivity contribution in [3.8, 4) is 28.6 Å². The Morgan fingerprint density at radius 1 is 0.967 bits per heavy atom. The maximum atomic E-state index is 12.7. The van der Waals surface area contributed by atoms with Gasteiger partial charge in [0.05, 0.1) is 20.0 Å². The van der Waals surface area contributed by atoms with Crippen LogP contribution in [0.4, 0.5) is 0 Å². The topological polar surface area (TPSA) is 66.2 Å². The van der Waals surface area contributed by atoms with Gasteiger partial charge in [-0.2, -0.15) is 11.3 Å². The Balaban J connectivity index is 1.61. The zero-order valence-electron chi connectivity index (χ0n) is 16.4. The minimum absolute atomic E-state index is 0.0176. The van der Waals surface area contributed by atoms with Gasteiger partial charge in [0.1, 0.15) is 11.5 Å². The molecular formula is C22H19N3O3S2. The van der Waals surface area contributed by atoms with Crippen LogP contribution in [0.2, 0.25) is 0 Å². The standard InChI is InChI=1S/C22H19N3O3S2/c1-27-18-7-3-15(4-8-18)20(26)14-30-22-24-23-21(16-11-12-29-13-16)25(22)17-5-9-19(28-2)10-6-17/h3-13H,14H2,1-2H3. The second-order valence-electron chi connectivity index (χ2n) is 6.29. The summed E-state index contributed by atoms with van der Waals surface area (Å²) in [5.74, 6) is 2.50. The number of aromatic nitrogens is 3. The number of methoxy groups -OCH3 is 2. The summed E-state index contributed by atoms with van der Waals surface area (Å²) in [5, 5.41) is 13.4. The highest BCUT2D eigenvalue weighted by Gasteiger charge is 2.18. The number of Topliss-reactive ketones (excluding diaryl/α,β-unsaturated/α-hetero) is 1. The number of thioether (sulfide) groups is 1. The molecule has 6 nitrogen and oxygen atoms in total. The number of carbonyl (C=O) groups is 1. The average molecular weight is 438 g/mol. The highest BCUT2D eigenvalue weighted by Crippen LogP contribution is 2.30. The summed E-state index contributed by atoms with van der Waals surface area (Å²) in [6.07, 6.45) is 0. The second kappa shape index (κ2) is 9.15. The third kappa shape index (κ3) is 4.24.